The molecule has 1 unspecified atom stereocenters. The van der Waals surface area contributed by atoms with E-state index in [1.807, 2.05) is 41.4 Å². The van der Waals surface area contributed by atoms with Crippen LogP contribution in [-0.4, -0.2) is 48.7 Å². The van der Waals surface area contributed by atoms with Crippen molar-refractivity contribution in [3.8, 4) is 0 Å². The zero-order valence-corrected chi connectivity index (χ0v) is 18.1. The minimum atomic E-state index is -0.102. The van der Waals surface area contributed by atoms with Gasteiger partial charge in [0, 0.05) is 42.4 Å². The average Bonchev–Trinajstić information content (AvgIpc) is 2.78. The van der Waals surface area contributed by atoms with Crippen molar-refractivity contribution >= 4 is 27.8 Å². The normalized spacial score (nSPS) is 19.8. The Labute approximate surface area is 180 Å². The fourth-order valence-corrected chi connectivity index (χ4v) is 4.40. The highest BCUT2D eigenvalue weighted by molar-refractivity contribution is 9.10. The Morgan fingerprint density at radius 3 is 2.86 bits per heavy atom. The summed E-state index contributed by atoms with van der Waals surface area (Å²) >= 11 is 3.50. The van der Waals surface area contributed by atoms with E-state index in [2.05, 4.69) is 37.2 Å². The summed E-state index contributed by atoms with van der Waals surface area (Å²) in [5.41, 5.74) is 2.15. The van der Waals surface area contributed by atoms with Crippen LogP contribution in [0.1, 0.15) is 36.5 Å². The van der Waals surface area contributed by atoms with Crippen molar-refractivity contribution < 1.29 is 9.53 Å². The van der Waals surface area contributed by atoms with Gasteiger partial charge >= 0.3 is 6.03 Å². The van der Waals surface area contributed by atoms with Crippen molar-refractivity contribution in [2.45, 2.75) is 31.9 Å². The van der Waals surface area contributed by atoms with Crippen LogP contribution >= 0.6 is 15.9 Å². The van der Waals surface area contributed by atoms with E-state index in [4.69, 9.17) is 4.74 Å². The molecule has 2 aliphatic heterocycles. The number of piperidine rings is 1. The fraction of sp³-hybridized carbons (Fsp3) is 0.455. The average molecular weight is 459 g/mol. The zero-order valence-electron chi connectivity index (χ0n) is 16.5. The third-order valence-electron chi connectivity index (χ3n) is 5.53. The fourth-order valence-electron chi connectivity index (χ4n) is 3.98. The smallest absolute Gasteiger partial charge is 0.317 e. The second-order valence-corrected chi connectivity index (χ2v) is 8.47. The number of aromatic nitrogens is 1. The van der Waals surface area contributed by atoms with Gasteiger partial charge in [-0.15, -0.1) is 0 Å². The van der Waals surface area contributed by atoms with Crippen molar-refractivity contribution in [1.29, 1.82) is 0 Å². The summed E-state index contributed by atoms with van der Waals surface area (Å²) in [7, 11) is 0. The third-order valence-corrected chi connectivity index (χ3v) is 6.02. The molecular weight excluding hydrogens is 432 g/mol. The standard InChI is InChI=1S/C22H27BrN4O2/c23-19-8-4-6-17(14-19)20-16-27(12-13-29-20)22(28)25-15-18-7-5-9-24-21(18)26-10-2-1-3-11-26/h4-9,14,20H,1-3,10-13,15-16H2,(H,25,28). The quantitative estimate of drug-likeness (QED) is 0.748. The molecule has 0 radical (unpaired) electrons. The number of anilines is 1. The van der Waals surface area contributed by atoms with E-state index in [1.54, 1.807) is 0 Å². The number of urea groups is 1. The summed E-state index contributed by atoms with van der Waals surface area (Å²) in [6.07, 6.45) is 5.42. The molecule has 2 aromatic rings. The highest BCUT2D eigenvalue weighted by Gasteiger charge is 2.26. The van der Waals surface area contributed by atoms with E-state index in [-0.39, 0.29) is 12.1 Å². The maximum atomic E-state index is 12.8. The largest absolute Gasteiger partial charge is 0.370 e. The molecule has 0 bridgehead atoms. The Kier molecular flexibility index (Phi) is 6.67. The number of pyridine rings is 1. The SMILES string of the molecule is O=C(NCc1cccnc1N1CCCCC1)N1CCOC(c2cccc(Br)c2)C1. The molecule has 6 nitrogen and oxygen atoms in total. The molecule has 2 aliphatic rings. The predicted molar refractivity (Wildman–Crippen MR) is 117 cm³/mol. The van der Waals surface area contributed by atoms with Gasteiger partial charge < -0.3 is 19.9 Å². The van der Waals surface area contributed by atoms with Gasteiger partial charge in [-0.2, -0.15) is 0 Å². The first kappa shape index (κ1) is 20.2. The van der Waals surface area contributed by atoms with Crippen LogP contribution in [0.5, 0.6) is 0 Å². The Balaban J connectivity index is 1.37. The number of rotatable bonds is 4. The van der Waals surface area contributed by atoms with Crippen LogP contribution in [0, 0.1) is 0 Å². The van der Waals surface area contributed by atoms with Crippen molar-refractivity contribution in [2.24, 2.45) is 0 Å². The second kappa shape index (κ2) is 9.59. The van der Waals surface area contributed by atoms with Crippen LogP contribution in [0.25, 0.3) is 0 Å². The topological polar surface area (TPSA) is 57.7 Å². The summed E-state index contributed by atoms with van der Waals surface area (Å²) in [6, 6.07) is 12.0. The molecule has 7 heteroatoms. The van der Waals surface area contributed by atoms with Crippen LogP contribution in [0.2, 0.25) is 0 Å². The highest BCUT2D eigenvalue weighted by atomic mass is 79.9. The molecule has 3 heterocycles. The van der Waals surface area contributed by atoms with Crippen molar-refractivity contribution in [3.05, 3.63) is 58.2 Å². The minimum Gasteiger partial charge on any atom is -0.370 e. The number of carbonyl (C=O) groups excluding carboxylic acids is 1. The molecular formula is C22H27BrN4O2. The van der Waals surface area contributed by atoms with Gasteiger partial charge in [-0.3, -0.25) is 0 Å². The van der Waals surface area contributed by atoms with E-state index < -0.39 is 0 Å². The first-order valence-electron chi connectivity index (χ1n) is 10.3. The lowest BCUT2D eigenvalue weighted by Crippen LogP contribution is -2.47. The Hall–Kier alpha value is -2.12. The van der Waals surface area contributed by atoms with Gasteiger partial charge in [-0.05, 0) is 43.0 Å². The number of carbonyl (C=O) groups is 1. The Morgan fingerprint density at radius 1 is 1.17 bits per heavy atom. The molecule has 4 rings (SSSR count). The number of amides is 2. The number of nitrogens with zero attached hydrogens (tertiary/aromatic N) is 3. The summed E-state index contributed by atoms with van der Waals surface area (Å²) < 4.78 is 6.92. The number of morpholine rings is 1. The Morgan fingerprint density at radius 2 is 2.03 bits per heavy atom. The van der Waals surface area contributed by atoms with E-state index in [9.17, 15) is 4.79 Å². The number of ether oxygens (including phenoxy) is 1. The van der Waals surface area contributed by atoms with Crippen molar-refractivity contribution in [1.82, 2.24) is 15.2 Å². The third kappa shape index (κ3) is 5.08. The molecule has 1 N–H and O–H groups in total. The van der Waals surface area contributed by atoms with Crippen LogP contribution in [0.15, 0.2) is 47.1 Å². The maximum absolute atomic E-state index is 12.8. The molecule has 2 fully saturated rings. The number of benzene rings is 1. The van der Waals surface area contributed by atoms with Crippen LogP contribution in [0.4, 0.5) is 10.6 Å². The first-order valence-corrected chi connectivity index (χ1v) is 11.1. The lowest BCUT2D eigenvalue weighted by Gasteiger charge is -2.33. The van der Waals surface area contributed by atoms with Gasteiger partial charge in [0.15, 0.2) is 0 Å². The second-order valence-electron chi connectivity index (χ2n) is 7.55. The summed E-state index contributed by atoms with van der Waals surface area (Å²) in [4.78, 5) is 21.6. The monoisotopic (exact) mass is 458 g/mol. The van der Waals surface area contributed by atoms with Gasteiger partial charge in [0.1, 0.15) is 11.9 Å². The lowest BCUT2D eigenvalue weighted by molar-refractivity contribution is -0.0155. The molecule has 1 atom stereocenters. The van der Waals surface area contributed by atoms with Gasteiger partial charge in [-0.25, -0.2) is 9.78 Å². The molecule has 0 aliphatic carbocycles. The number of hydrogen-bond donors (Lipinski definition) is 1. The molecule has 0 spiro atoms. The van der Waals surface area contributed by atoms with Gasteiger partial charge in [0.05, 0.1) is 13.2 Å². The van der Waals surface area contributed by atoms with Gasteiger partial charge in [0.25, 0.3) is 0 Å². The number of hydrogen-bond acceptors (Lipinski definition) is 4. The van der Waals surface area contributed by atoms with Crippen LogP contribution in [0.3, 0.4) is 0 Å². The molecule has 0 saturated carbocycles. The minimum absolute atomic E-state index is 0.0539. The first-order chi connectivity index (χ1) is 14.2. The highest BCUT2D eigenvalue weighted by Crippen LogP contribution is 2.25. The summed E-state index contributed by atoms with van der Waals surface area (Å²) in [5.74, 6) is 1.00. The summed E-state index contributed by atoms with van der Waals surface area (Å²) in [6.45, 7) is 4.25. The summed E-state index contributed by atoms with van der Waals surface area (Å²) in [5, 5.41) is 3.09. The zero-order chi connectivity index (χ0) is 20.1. The van der Waals surface area contributed by atoms with Crippen molar-refractivity contribution in [3.63, 3.8) is 0 Å². The molecule has 2 saturated heterocycles. The van der Waals surface area contributed by atoms with E-state index in [0.717, 1.165) is 34.5 Å². The van der Waals surface area contributed by atoms with Crippen LogP contribution < -0.4 is 10.2 Å². The molecule has 154 valence electrons. The lowest BCUT2D eigenvalue weighted by atomic mass is 10.1. The molecule has 2 amide bonds. The molecule has 29 heavy (non-hydrogen) atoms. The van der Waals surface area contributed by atoms with Gasteiger partial charge in [0.2, 0.25) is 0 Å². The van der Waals surface area contributed by atoms with Crippen LogP contribution in [-0.2, 0) is 11.3 Å². The van der Waals surface area contributed by atoms with E-state index in [1.165, 1.54) is 19.3 Å². The van der Waals surface area contributed by atoms with Crippen molar-refractivity contribution in [2.75, 3.05) is 37.7 Å². The maximum Gasteiger partial charge on any atom is 0.317 e. The molecule has 1 aromatic carbocycles. The predicted octanol–water partition coefficient (Wildman–Crippen LogP) is 4.12. The molecule has 1 aromatic heterocycles. The number of nitrogens with one attached hydrogen (secondary N) is 1. The van der Waals surface area contributed by atoms with E-state index in [0.29, 0.717) is 26.2 Å². The van der Waals surface area contributed by atoms with Gasteiger partial charge in [-0.1, -0.05) is 34.1 Å². The Bertz CT molecular complexity index is 841. The number of halogens is 1. The van der Waals surface area contributed by atoms with E-state index >= 15 is 0 Å².